The van der Waals surface area contributed by atoms with E-state index in [4.69, 9.17) is 4.74 Å². The highest BCUT2D eigenvalue weighted by Crippen LogP contribution is 2.42. The van der Waals surface area contributed by atoms with E-state index in [0.717, 1.165) is 70.5 Å². The van der Waals surface area contributed by atoms with Gasteiger partial charge in [0.15, 0.2) is 0 Å². The molecule has 31 heavy (non-hydrogen) atoms. The summed E-state index contributed by atoms with van der Waals surface area (Å²) in [6.45, 7) is 12.9. The highest BCUT2D eigenvalue weighted by atomic mass is 16.5. The van der Waals surface area contributed by atoms with Crippen LogP contribution in [0.1, 0.15) is 106 Å². The van der Waals surface area contributed by atoms with E-state index < -0.39 is 5.60 Å². The van der Waals surface area contributed by atoms with Gasteiger partial charge in [-0.05, 0) is 96.5 Å². The SMILES string of the molecule is C/C(=C\CCC1(C)CCC2=C(O1)C(C)C(C)C=C2)CCCC(C)(O)CCCC(C)C=O. The minimum absolute atomic E-state index is 0.0584. The van der Waals surface area contributed by atoms with Crippen molar-refractivity contribution in [2.45, 2.75) is 117 Å². The average molecular weight is 431 g/mol. The van der Waals surface area contributed by atoms with Crippen molar-refractivity contribution >= 4 is 6.29 Å². The fourth-order valence-electron chi connectivity index (χ4n) is 4.78. The highest BCUT2D eigenvalue weighted by Gasteiger charge is 2.36. The van der Waals surface area contributed by atoms with Gasteiger partial charge in [-0.1, -0.05) is 44.6 Å². The van der Waals surface area contributed by atoms with Crippen LogP contribution in [0.5, 0.6) is 0 Å². The van der Waals surface area contributed by atoms with Crippen molar-refractivity contribution in [1.29, 1.82) is 0 Å². The molecule has 0 spiro atoms. The summed E-state index contributed by atoms with van der Waals surface area (Å²) in [4.78, 5) is 10.7. The molecule has 2 rings (SSSR count). The molecule has 5 atom stereocenters. The second-order valence-electron chi connectivity index (χ2n) is 10.9. The van der Waals surface area contributed by atoms with Crippen molar-refractivity contribution in [2.75, 3.05) is 0 Å². The predicted octanol–water partition coefficient (Wildman–Crippen LogP) is 7.30. The van der Waals surface area contributed by atoms with Crippen LogP contribution in [0.4, 0.5) is 0 Å². The lowest BCUT2D eigenvalue weighted by molar-refractivity contribution is -0.110. The van der Waals surface area contributed by atoms with Crippen molar-refractivity contribution in [3.05, 3.63) is 35.1 Å². The first-order chi connectivity index (χ1) is 14.6. The van der Waals surface area contributed by atoms with E-state index in [-0.39, 0.29) is 11.5 Å². The molecule has 0 fully saturated rings. The summed E-state index contributed by atoms with van der Waals surface area (Å²) in [6, 6.07) is 0. The largest absolute Gasteiger partial charge is 0.491 e. The third-order valence-corrected chi connectivity index (χ3v) is 7.46. The summed E-state index contributed by atoms with van der Waals surface area (Å²) in [5, 5.41) is 10.6. The Hall–Kier alpha value is -1.35. The van der Waals surface area contributed by atoms with Gasteiger partial charge in [0.25, 0.3) is 0 Å². The second kappa shape index (κ2) is 11.5. The zero-order valence-electron chi connectivity index (χ0n) is 20.9. The number of aldehydes is 1. The molecule has 5 unspecified atom stereocenters. The zero-order chi connectivity index (χ0) is 23.1. The smallest absolute Gasteiger partial charge is 0.122 e. The first kappa shape index (κ1) is 25.9. The van der Waals surface area contributed by atoms with E-state index in [9.17, 15) is 9.90 Å². The molecule has 0 amide bonds. The van der Waals surface area contributed by atoms with E-state index in [2.05, 4.69) is 45.9 Å². The van der Waals surface area contributed by atoms with Crippen molar-refractivity contribution in [3.63, 3.8) is 0 Å². The lowest BCUT2D eigenvalue weighted by Gasteiger charge is -2.41. The Balaban J connectivity index is 1.72. The molecule has 176 valence electrons. The molecule has 0 bridgehead atoms. The number of hydrogen-bond acceptors (Lipinski definition) is 3. The summed E-state index contributed by atoms with van der Waals surface area (Å²) in [6.07, 6.45) is 17.7. The molecular formula is C28H46O3. The van der Waals surface area contributed by atoms with Crippen LogP contribution in [0.15, 0.2) is 35.1 Å². The molecule has 1 aliphatic heterocycles. The Kier molecular flexibility index (Phi) is 9.61. The summed E-state index contributed by atoms with van der Waals surface area (Å²) < 4.78 is 6.57. The molecule has 0 aromatic rings. The van der Waals surface area contributed by atoms with E-state index in [1.807, 2.05) is 13.8 Å². The summed E-state index contributed by atoms with van der Waals surface area (Å²) in [7, 11) is 0. The van der Waals surface area contributed by atoms with Crippen molar-refractivity contribution < 1.29 is 14.6 Å². The maximum absolute atomic E-state index is 10.7. The van der Waals surface area contributed by atoms with Gasteiger partial charge in [-0.15, -0.1) is 0 Å². The molecule has 3 nitrogen and oxygen atoms in total. The molecule has 1 heterocycles. The fourth-order valence-corrected chi connectivity index (χ4v) is 4.78. The van der Waals surface area contributed by atoms with Gasteiger partial charge in [0.05, 0.1) is 5.60 Å². The van der Waals surface area contributed by atoms with E-state index in [1.54, 1.807) is 0 Å². The predicted molar refractivity (Wildman–Crippen MR) is 130 cm³/mol. The third kappa shape index (κ3) is 8.25. The van der Waals surface area contributed by atoms with E-state index >= 15 is 0 Å². The van der Waals surface area contributed by atoms with Crippen LogP contribution in [0.2, 0.25) is 0 Å². The van der Waals surface area contributed by atoms with Crippen LogP contribution in [-0.4, -0.2) is 22.6 Å². The molecule has 0 aromatic carbocycles. The monoisotopic (exact) mass is 430 g/mol. The van der Waals surface area contributed by atoms with Crippen LogP contribution in [0.3, 0.4) is 0 Å². The Morgan fingerprint density at radius 1 is 1.35 bits per heavy atom. The molecular weight excluding hydrogens is 384 g/mol. The third-order valence-electron chi connectivity index (χ3n) is 7.46. The second-order valence-corrected chi connectivity index (χ2v) is 10.9. The number of carbonyl (C=O) groups excluding carboxylic acids is 1. The first-order valence-electron chi connectivity index (χ1n) is 12.5. The quantitative estimate of drug-likeness (QED) is 0.261. The molecule has 0 saturated heterocycles. The minimum atomic E-state index is -0.625. The number of aliphatic hydroxyl groups is 1. The minimum Gasteiger partial charge on any atom is -0.491 e. The Morgan fingerprint density at radius 2 is 2.06 bits per heavy atom. The Labute approximate surface area is 191 Å². The Bertz CT molecular complexity index is 684. The van der Waals surface area contributed by atoms with Gasteiger partial charge in [0.1, 0.15) is 17.6 Å². The molecule has 1 N–H and O–H groups in total. The number of carbonyl (C=O) groups is 1. The fraction of sp³-hybridized carbons (Fsp3) is 0.750. The first-order valence-corrected chi connectivity index (χ1v) is 12.5. The number of hydrogen-bond donors (Lipinski definition) is 1. The van der Waals surface area contributed by atoms with Crippen LogP contribution in [0.25, 0.3) is 0 Å². The van der Waals surface area contributed by atoms with Gasteiger partial charge in [0.2, 0.25) is 0 Å². The average Bonchev–Trinajstić information content (AvgIpc) is 2.70. The van der Waals surface area contributed by atoms with E-state index in [0.29, 0.717) is 11.8 Å². The van der Waals surface area contributed by atoms with Crippen LogP contribution in [0, 0.1) is 17.8 Å². The molecule has 0 radical (unpaired) electrons. The van der Waals surface area contributed by atoms with Gasteiger partial charge >= 0.3 is 0 Å². The van der Waals surface area contributed by atoms with Crippen molar-refractivity contribution in [1.82, 2.24) is 0 Å². The normalized spacial score (nSPS) is 29.2. The van der Waals surface area contributed by atoms with E-state index in [1.165, 1.54) is 16.9 Å². The maximum Gasteiger partial charge on any atom is 0.122 e. The number of allylic oxidation sites excluding steroid dienone is 6. The summed E-state index contributed by atoms with van der Waals surface area (Å²) >= 11 is 0. The Morgan fingerprint density at radius 3 is 2.77 bits per heavy atom. The zero-order valence-corrected chi connectivity index (χ0v) is 20.9. The van der Waals surface area contributed by atoms with Gasteiger partial charge < -0.3 is 14.6 Å². The lowest BCUT2D eigenvalue weighted by atomic mass is 9.80. The van der Waals surface area contributed by atoms with Crippen molar-refractivity contribution in [2.24, 2.45) is 17.8 Å². The van der Waals surface area contributed by atoms with Gasteiger partial charge in [-0.3, -0.25) is 0 Å². The van der Waals surface area contributed by atoms with Gasteiger partial charge in [-0.25, -0.2) is 0 Å². The topological polar surface area (TPSA) is 46.5 Å². The lowest BCUT2D eigenvalue weighted by Crippen LogP contribution is -2.35. The van der Waals surface area contributed by atoms with Crippen LogP contribution < -0.4 is 0 Å². The maximum atomic E-state index is 10.7. The summed E-state index contributed by atoms with van der Waals surface area (Å²) in [5.41, 5.74) is 2.13. The standard InChI is InChI=1S/C28H46O3/c1-21(10-7-16-27(5,30)17-8-12-22(2)20-29)11-9-18-28(6)19-15-25-14-13-23(3)24(4)26(25)31-28/h11,13-14,20,22-24,30H,7-10,12,15-19H2,1-6H3/b21-11+. The number of ether oxygens (including phenoxy) is 1. The van der Waals surface area contributed by atoms with Gasteiger partial charge in [-0.2, -0.15) is 0 Å². The molecule has 0 aromatic heterocycles. The number of rotatable bonds is 12. The molecule has 2 aliphatic rings. The van der Waals surface area contributed by atoms with Crippen LogP contribution >= 0.6 is 0 Å². The summed E-state index contributed by atoms with van der Waals surface area (Å²) in [5.74, 6) is 2.36. The van der Waals surface area contributed by atoms with Gasteiger partial charge in [0, 0.05) is 11.8 Å². The molecule has 1 aliphatic carbocycles. The van der Waals surface area contributed by atoms with Crippen LogP contribution in [-0.2, 0) is 9.53 Å². The molecule has 0 saturated carbocycles. The van der Waals surface area contributed by atoms with Crippen molar-refractivity contribution in [3.8, 4) is 0 Å². The highest BCUT2D eigenvalue weighted by molar-refractivity contribution is 5.52. The molecule has 3 heteroatoms.